The Morgan fingerprint density at radius 2 is 0.975 bits per heavy atom. The summed E-state index contributed by atoms with van der Waals surface area (Å²) >= 11 is 0. The van der Waals surface area contributed by atoms with Crippen molar-refractivity contribution in [2.75, 3.05) is 26.3 Å². The third kappa shape index (κ3) is 15.7. The fourth-order valence-electron chi connectivity index (χ4n) is 9.71. The topological polar surface area (TPSA) is 144 Å². The summed E-state index contributed by atoms with van der Waals surface area (Å²) in [7, 11) is -1.95. The molecule has 13 heteroatoms. The van der Waals surface area contributed by atoms with Gasteiger partial charge < -0.3 is 30.1 Å². The first-order chi connectivity index (χ1) is 39.1. The van der Waals surface area contributed by atoms with E-state index in [1.807, 2.05) is 108 Å². The van der Waals surface area contributed by atoms with Crippen molar-refractivity contribution in [1.82, 2.24) is 30.7 Å². The maximum atomic E-state index is 13.5. The van der Waals surface area contributed by atoms with E-state index in [4.69, 9.17) is 14.1 Å². The van der Waals surface area contributed by atoms with Gasteiger partial charge in [0, 0.05) is 82.4 Å². The van der Waals surface area contributed by atoms with Gasteiger partial charge >= 0.3 is 0 Å². The van der Waals surface area contributed by atoms with Crippen LogP contribution < -0.4 is 10.6 Å². The Labute approximate surface area is 478 Å². The molecule has 6 aromatic carbocycles. The van der Waals surface area contributed by atoms with Crippen molar-refractivity contribution in [2.45, 2.75) is 116 Å². The van der Waals surface area contributed by atoms with E-state index in [0.29, 0.717) is 45.6 Å². The first kappa shape index (κ1) is 58.1. The van der Waals surface area contributed by atoms with Crippen LogP contribution >= 0.6 is 0 Å². The highest BCUT2D eigenvalue weighted by atomic mass is 28.4. The fraction of sp³-hybridized carbons (Fsp3) is 0.324. The number of amides is 2. The minimum atomic E-state index is -1.95. The van der Waals surface area contributed by atoms with Crippen LogP contribution in [-0.2, 0) is 49.6 Å². The number of aliphatic hydroxyl groups is 1. The molecule has 0 spiro atoms. The molecule has 81 heavy (non-hydrogen) atoms. The monoisotopic (exact) mass is 1100 g/mol. The highest BCUT2D eigenvalue weighted by molar-refractivity contribution is 6.74. The van der Waals surface area contributed by atoms with E-state index >= 15 is 0 Å². The number of rotatable bonds is 16. The van der Waals surface area contributed by atoms with Crippen LogP contribution in [0.15, 0.2) is 158 Å². The van der Waals surface area contributed by atoms with Crippen LogP contribution in [0.25, 0.3) is 21.8 Å². The number of hydroxylamine groups is 4. The number of aromatic nitrogens is 2. The van der Waals surface area contributed by atoms with E-state index in [-0.39, 0.29) is 35.7 Å². The van der Waals surface area contributed by atoms with Crippen molar-refractivity contribution in [3.63, 3.8) is 0 Å². The number of carbonyl (C=O) groups excluding carboxylic acids is 2. The van der Waals surface area contributed by atoms with Gasteiger partial charge in [0.25, 0.3) is 0 Å². The maximum absolute atomic E-state index is 13.5. The smallest absolute Gasteiger partial charge is 0.239 e. The maximum Gasteiger partial charge on any atom is 0.239 e. The lowest BCUT2D eigenvalue weighted by atomic mass is 10.1. The largest absolute Gasteiger partial charge is 0.414 e. The number of H-pyrrole nitrogens is 2. The second kappa shape index (κ2) is 26.8. The highest BCUT2D eigenvalue weighted by Crippen LogP contribution is 2.37. The molecule has 0 saturated carbocycles. The lowest BCUT2D eigenvalue weighted by Crippen LogP contribution is -2.43. The quantitative estimate of drug-likeness (QED) is 0.0475. The van der Waals surface area contributed by atoms with Crippen LogP contribution in [0, 0.1) is 37.5 Å². The van der Waals surface area contributed by atoms with Gasteiger partial charge in [0.1, 0.15) is 24.3 Å². The van der Waals surface area contributed by atoms with Crippen LogP contribution in [0.3, 0.4) is 0 Å². The average Bonchev–Trinajstić information content (AvgIpc) is 4.41. The Hall–Kier alpha value is -7.56. The summed E-state index contributed by atoms with van der Waals surface area (Å²) in [6.45, 7) is 17.7. The third-order valence-corrected chi connectivity index (χ3v) is 20.1. The Balaban J connectivity index is 0.000000198. The minimum absolute atomic E-state index is 0.0137. The molecule has 0 radical (unpaired) electrons. The minimum Gasteiger partial charge on any atom is -0.414 e. The van der Waals surface area contributed by atoms with Gasteiger partial charge in [-0.25, -0.2) is 0 Å². The molecule has 2 fully saturated rings. The summed E-state index contributed by atoms with van der Waals surface area (Å²) in [5.41, 5.74) is 12.9. The predicted octanol–water partition coefficient (Wildman–Crippen LogP) is 11.2. The van der Waals surface area contributed by atoms with Gasteiger partial charge in [0.2, 0.25) is 11.8 Å². The predicted molar refractivity (Wildman–Crippen MR) is 325 cm³/mol. The number of nitrogens with one attached hydrogen (secondary N) is 4. The molecular weight excluding hydrogens is 1020 g/mol. The number of carbonyl (C=O) groups is 2. The van der Waals surface area contributed by atoms with Crippen molar-refractivity contribution < 1.29 is 28.8 Å². The molecule has 4 heterocycles. The summed E-state index contributed by atoms with van der Waals surface area (Å²) < 4.78 is 6.50. The van der Waals surface area contributed by atoms with Gasteiger partial charge in [-0.1, -0.05) is 141 Å². The number of benzene rings is 6. The van der Waals surface area contributed by atoms with Crippen molar-refractivity contribution >= 4 is 41.9 Å². The zero-order chi connectivity index (χ0) is 56.9. The first-order valence-electron chi connectivity index (χ1n) is 28.2. The molecule has 2 aliphatic heterocycles. The van der Waals surface area contributed by atoms with E-state index in [1.165, 1.54) is 33.0 Å². The van der Waals surface area contributed by atoms with Gasteiger partial charge in [-0.05, 0) is 128 Å². The molecule has 0 aliphatic carbocycles. The van der Waals surface area contributed by atoms with Gasteiger partial charge in [-0.3, -0.25) is 19.3 Å². The third-order valence-electron chi connectivity index (χ3n) is 15.6. The van der Waals surface area contributed by atoms with E-state index in [9.17, 15) is 14.7 Å². The second-order valence-electron chi connectivity index (χ2n) is 22.8. The van der Waals surface area contributed by atoms with Gasteiger partial charge in [0.05, 0.1) is 26.3 Å². The highest BCUT2D eigenvalue weighted by Gasteiger charge is 2.42. The van der Waals surface area contributed by atoms with E-state index in [2.05, 4.69) is 147 Å². The van der Waals surface area contributed by atoms with E-state index in [0.717, 1.165) is 57.3 Å². The molecule has 4 unspecified atom stereocenters. The van der Waals surface area contributed by atoms with Crippen LogP contribution in [0.2, 0.25) is 18.1 Å². The summed E-state index contributed by atoms with van der Waals surface area (Å²) in [5.74, 6) is 12.8. The number of aryl methyl sites for hydroxylation is 2. The normalized spacial score (nSPS) is 17.4. The molecule has 2 saturated heterocycles. The summed E-state index contributed by atoms with van der Waals surface area (Å²) in [5, 5.41) is 21.9. The lowest BCUT2D eigenvalue weighted by Gasteiger charge is -2.36. The SMILES string of the molecule is Cc1ccc(C#Cc2ccc(CN3OC(CO)CC3C(=O)NCCc3c[nH]c4ccccc34)cc2)cc1.Cc1ccc(C#Cc2ccc(CN3OC(CO[Si](C)(C)C(C)(C)C)CC3C(=O)NCCc3c[nH]c4ccccc34)cc2)cc1. The first-order valence-corrected chi connectivity index (χ1v) is 31.1. The molecule has 10 rings (SSSR count). The van der Waals surface area contributed by atoms with E-state index < -0.39 is 20.4 Å². The second-order valence-corrected chi connectivity index (χ2v) is 27.6. The number of hydrogen-bond donors (Lipinski definition) is 5. The summed E-state index contributed by atoms with van der Waals surface area (Å²) in [6.07, 6.45) is 6.01. The van der Waals surface area contributed by atoms with Gasteiger partial charge in [0.15, 0.2) is 8.32 Å². The molecule has 2 aliphatic rings. The summed E-state index contributed by atoms with van der Waals surface area (Å²) in [4.78, 5) is 45.5. The molecule has 2 amide bonds. The van der Waals surface area contributed by atoms with Crippen LogP contribution in [-0.4, -0.2) is 95.9 Å². The number of nitrogens with zero attached hydrogens (tertiary/aromatic N) is 2. The van der Waals surface area contributed by atoms with Crippen LogP contribution in [0.1, 0.15) is 89.2 Å². The Bertz CT molecular complexity index is 3510. The zero-order valence-corrected chi connectivity index (χ0v) is 48.8. The van der Waals surface area contributed by atoms with E-state index in [1.54, 1.807) is 5.06 Å². The van der Waals surface area contributed by atoms with Crippen molar-refractivity contribution in [2.24, 2.45) is 0 Å². The average molecular weight is 1100 g/mol. The van der Waals surface area contributed by atoms with Gasteiger partial charge in [-0.15, -0.1) is 0 Å². The number of fused-ring (bicyclic) bond motifs is 2. The molecule has 2 aromatic heterocycles. The van der Waals surface area contributed by atoms with Gasteiger partial charge in [-0.2, -0.15) is 10.1 Å². The van der Waals surface area contributed by atoms with Crippen molar-refractivity contribution in [3.8, 4) is 23.7 Å². The van der Waals surface area contributed by atoms with Crippen molar-refractivity contribution in [3.05, 3.63) is 214 Å². The van der Waals surface area contributed by atoms with Crippen LogP contribution in [0.5, 0.6) is 0 Å². The fourth-order valence-corrected chi connectivity index (χ4v) is 10.7. The molecule has 4 atom stereocenters. The van der Waals surface area contributed by atoms with Crippen LogP contribution in [0.4, 0.5) is 0 Å². The van der Waals surface area contributed by atoms with Crippen molar-refractivity contribution in [1.29, 1.82) is 0 Å². The molecule has 12 nitrogen and oxygen atoms in total. The molecule has 8 aromatic rings. The number of aromatic amines is 2. The molecular formula is C68H76N6O6Si. The molecule has 5 N–H and O–H groups in total. The summed E-state index contributed by atoms with van der Waals surface area (Å²) in [6, 6.07) is 48.1. The molecule has 0 bridgehead atoms. The Morgan fingerprint density at radius 3 is 1.38 bits per heavy atom. The zero-order valence-electron chi connectivity index (χ0n) is 47.8. The number of hydrogen-bond acceptors (Lipinski definition) is 8. The standard InChI is InChI=1S/C37H45N3O3Si.C31H31N3O3/c1-27-11-13-28(14-12-27)15-16-29-17-19-30(20-18-29)25-40-35(23-32(43-40)26-42-44(5,6)37(2,3)4)36(41)38-22-21-31-24-39-34-10-8-7-9-33(31)34;1-22-6-8-23(9-7-22)10-11-24-12-14-25(15-13-24)20-34-30(18-27(21-35)37-34)31(36)32-17-16-26-19-33-29-5-3-2-4-28(26)29/h7-14,17-20,24,32,35,39H,21-23,25-26H2,1-6H3,(H,38,41);2-9,12-15,19,27,30,33,35H,16-18,20-21H2,1H3,(H,32,36). The lowest BCUT2D eigenvalue weighted by molar-refractivity contribution is -0.181. The number of para-hydroxylation sites is 2. The number of aliphatic hydroxyl groups excluding tert-OH is 1. The Kier molecular flexibility index (Phi) is 19.2. The Morgan fingerprint density at radius 1 is 0.593 bits per heavy atom. The molecule has 418 valence electrons.